The van der Waals surface area contributed by atoms with Crippen molar-refractivity contribution in [3.63, 3.8) is 0 Å². The molecule has 0 bridgehead atoms. The number of nitrogens with one attached hydrogen (secondary N) is 4. The average molecular weight is 1600 g/mol. The Kier molecular flexibility index (Phi) is 31.8. The van der Waals surface area contributed by atoms with E-state index in [0.717, 1.165) is 27.7 Å². The molecule has 44 atom stereocenters. The molecule has 0 aromatic heterocycles. The predicted molar refractivity (Wildman–Crippen MR) is 336 cm³/mol. The van der Waals surface area contributed by atoms with Crippen LogP contribution in [0.5, 0.6) is 0 Å². The molecule has 9 heterocycles. The Morgan fingerprint density at radius 3 is 1.14 bits per heavy atom. The van der Waals surface area contributed by atoms with Crippen LogP contribution in [0.15, 0.2) is 0 Å². The highest BCUT2D eigenvalue weighted by atomic mass is 16.8. The summed E-state index contributed by atoms with van der Waals surface area (Å²) in [6.07, 6.45) is -82.6. The minimum Gasteiger partial charge on any atom is -0.394 e. The topological polar surface area (TPSA) is 739 Å². The fraction of sp³-hybridized carbons (Fsp3) is 0.934. The van der Waals surface area contributed by atoms with Crippen LogP contribution in [-0.2, 0) is 99.7 Å². The molecular weight excluding hydrogens is 1490 g/mol. The maximum Gasteiger partial charge on any atom is 0.217 e. The molecule has 9 fully saturated rings. The van der Waals surface area contributed by atoms with Gasteiger partial charge < -0.3 is 219 Å². The summed E-state index contributed by atoms with van der Waals surface area (Å²) in [7, 11) is 0. The van der Waals surface area contributed by atoms with Crippen LogP contribution in [-0.4, -0.2) is 464 Å². The molecule has 48 nitrogen and oxygen atoms in total. The van der Waals surface area contributed by atoms with Crippen LogP contribution in [0.4, 0.5) is 0 Å². The van der Waals surface area contributed by atoms with Gasteiger partial charge in [-0.1, -0.05) is 0 Å². The van der Waals surface area contributed by atoms with Crippen LogP contribution < -0.4 is 21.3 Å². The van der Waals surface area contributed by atoms with Crippen molar-refractivity contribution in [1.82, 2.24) is 21.3 Å². The van der Waals surface area contributed by atoms with E-state index in [4.69, 9.17) is 80.5 Å². The molecule has 0 spiro atoms. The first-order chi connectivity index (χ1) is 51.5. The van der Waals surface area contributed by atoms with Gasteiger partial charge in [-0.25, -0.2) is 0 Å². The van der Waals surface area contributed by atoms with Gasteiger partial charge in [-0.2, -0.15) is 0 Å². The van der Waals surface area contributed by atoms with E-state index in [1.54, 1.807) is 0 Å². The lowest BCUT2D eigenvalue weighted by Gasteiger charge is -2.52. The third kappa shape index (κ3) is 20.0. The summed E-state index contributed by atoms with van der Waals surface area (Å²) in [4.78, 5) is 50.9. The van der Waals surface area contributed by atoms with E-state index in [1.807, 2.05) is 0 Å². The van der Waals surface area contributed by atoms with Gasteiger partial charge in [0.15, 0.2) is 56.6 Å². The largest absolute Gasteiger partial charge is 0.394 e. The molecule has 630 valence electrons. The van der Waals surface area contributed by atoms with Crippen molar-refractivity contribution in [2.75, 3.05) is 52.9 Å². The summed E-state index contributed by atoms with van der Waals surface area (Å²) in [6, 6.07) is -7.37. The van der Waals surface area contributed by atoms with Gasteiger partial charge in [-0.3, -0.25) is 19.2 Å². The quantitative estimate of drug-likeness (QED) is 0.0363. The summed E-state index contributed by atoms with van der Waals surface area (Å²) in [5, 5.41) is 266. The number of aliphatic hydroxyl groups is 23. The Hall–Kier alpha value is -3.72. The van der Waals surface area contributed by atoms with Crippen LogP contribution >= 0.6 is 0 Å². The van der Waals surface area contributed by atoms with Crippen LogP contribution in [0.25, 0.3) is 0 Å². The monoisotopic (exact) mass is 1590 g/mol. The lowest BCUT2D eigenvalue weighted by molar-refractivity contribution is -0.411. The fourth-order valence-corrected chi connectivity index (χ4v) is 14.0. The van der Waals surface area contributed by atoms with Gasteiger partial charge in [0.05, 0.1) is 59.0 Å². The Morgan fingerprint density at radius 2 is 0.642 bits per heavy atom. The van der Waals surface area contributed by atoms with Crippen LogP contribution in [0.1, 0.15) is 34.6 Å². The van der Waals surface area contributed by atoms with Crippen LogP contribution in [0.3, 0.4) is 0 Å². The van der Waals surface area contributed by atoms with E-state index in [2.05, 4.69) is 21.3 Å². The third-order valence-corrected chi connectivity index (χ3v) is 19.9. The van der Waals surface area contributed by atoms with Crippen molar-refractivity contribution >= 4 is 23.6 Å². The minimum absolute atomic E-state index is 0.838. The molecule has 0 aromatic carbocycles. The molecule has 9 saturated heterocycles. The van der Waals surface area contributed by atoms with Crippen molar-refractivity contribution in [1.29, 1.82) is 0 Å². The van der Waals surface area contributed by atoms with Gasteiger partial charge in [0, 0.05) is 27.7 Å². The van der Waals surface area contributed by atoms with E-state index in [-0.39, 0.29) is 0 Å². The first kappa shape index (κ1) is 89.2. The number of amides is 4. The highest BCUT2D eigenvalue weighted by Gasteiger charge is 2.61. The Morgan fingerprint density at radius 1 is 0.294 bits per heavy atom. The maximum absolute atomic E-state index is 13.3. The number of hydrogen-bond acceptors (Lipinski definition) is 44. The highest BCUT2D eigenvalue weighted by Crippen LogP contribution is 2.40. The van der Waals surface area contributed by atoms with E-state index in [0.29, 0.717) is 0 Å². The predicted octanol–water partition coefficient (Wildman–Crippen LogP) is -18.4. The molecule has 27 N–H and O–H groups in total. The molecule has 48 heteroatoms. The van der Waals surface area contributed by atoms with Crippen molar-refractivity contribution < 1.29 is 217 Å². The second-order valence-corrected chi connectivity index (χ2v) is 27.7. The Bertz CT molecular complexity index is 2900. The summed E-state index contributed by atoms with van der Waals surface area (Å²) in [5.41, 5.74) is 0. The second kappa shape index (κ2) is 38.8. The van der Waals surface area contributed by atoms with E-state index in [9.17, 15) is 137 Å². The molecule has 0 saturated carbocycles. The average Bonchev–Trinajstić information content (AvgIpc) is 0.766. The van der Waals surface area contributed by atoms with Gasteiger partial charge >= 0.3 is 0 Å². The van der Waals surface area contributed by atoms with Gasteiger partial charge in [0.25, 0.3) is 0 Å². The SMILES string of the molecule is CC(=O)N[C@@H]1[C@@H](O)[C@H](O[C@@H]2O[C@H](CO)[C@@H](O[C@@H]3O[C@H](CO[C@H]4O[C@H](CO)[C@@H](O)[C@H](O)[C@@H]4O[C@@H]4O[C@H](CO)[C@@H](O)[C@H](O)[C@H]4NC(C)=O)[C@@H](O)[C@H](O[C@H]4O[C@H](CO)[C@@H](O)[C@H](O)[C@@H]4O[C@@H]4O[C@H](CO)[C@@H](O)[C@H](O)[C@H]4NC(C)=O)[C@@H]3O[C@@H]3OC[C@@H](O)[C@H](O)[C@H]3O)[C@H](O)[C@H]2NC(C)=O)[C@@H](CO[C@@H]2O[C@@H](C)[C@@H](O)[C@@H](O)[C@@H]2O)O[C@H]1O. The molecule has 9 aliphatic heterocycles. The van der Waals surface area contributed by atoms with Gasteiger partial charge in [0.1, 0.15) is 207 Å². The van der Waals surface area contributed by atoms with Crippen LogP contribution in [0, 0.1) is 0 Å². The summed E-state index contributed by atoms with van der Waals surface area (Å²) in [6.45, 7) is -3.27. The zero-order valence-corrected chi connectivity index (χ0v) is 58.9. The Labute approximate surface area is 618 Å². The molecule has 9 aliphatic rings. The third-order valence-electron chi connectivity index (χ3n) is 19.9. The van der Waals surface area contributed by atoms with Gasteiger partial charge in [-0.05, 0) is 6.92 Å². The standard InChI is InChI=1S/C61H102N4O44/c1-14-31(76)42(87)46(91)57(96-14)94-13-26-48(40(85)27(53(92)97-26)62-15(2)71)104-56-30(65-18(5)74)41(86)47(24(10-70)102-56)105-61-52(109-58-45(90)32(77)19(75)11-93-58)49(106-60-51(44(89)36(81)23(9-69)101-60)108-55-29(64-17(4)73)39(84)34(79)21(7-67)99-55)37(82)25(103-61)12-95-59-50(43(88)35(80)22(8-68)100-59)107-54-28(63-16(3)72)38(83)33(78)20(6-66)98-54/h14,19-61,66-70,75-92H,6-13H2,1-5H3,(H,62,71)(H,63,72)(H,64,73)(H,65,74)/t14-,19+,20+,21+,22+,23+,24+,25+,26+,27+,28+,29+,30+,31+,32-,33+,34+,35+,36+,37+,38+,39+,40+,41+,42+,43-,44-,45+,46-,47+,48+,49-,50-,51-,52-,53+,54-,55-,56-,57+,58-,59-,60+,61-/m0/s1. The first-order valence-electron chi connectivity index (χ1n) is 34.9. The fourth-order valence-electron chi connectivity index (χ4n) is 14.0. The normalized spacial score (nSPS) is 49.2. The van der Waals surface area contributed by atoms with E-state index >= 15 is 0 Å². The lowest BCUT2D eigenvalue weighted by atomic mass is 9.93. The van der Waals surface area contributed by atoms with Gasteiger partial charge in [-0.15, -0.1) is 0 Å². The molecule has 0 aliphatic carbocycles. The molecule has 9 rings (SSSR count). The number of carbonyl (C=O) groups excluding carboxylic acids is 4. The number of hydrogen-bond donors (Lipinski definition) is 27. The van der Waals surface area contributed by atoms with E-state index < -0.39 is 346 Å². The maximum atomic E-state index is 13.3. The molecular formula is C61H102N4O44. The van der Waals surface area contributed by atoms with Crippen molar-refractivity contribution in [3.05, 3.63) is 0 Å². The zero-order chi connectivity index (χ0) is 80.2. The summed E-state index contributed by atoms with van der Waals surface area (Å²) in [5.74, 6) is -3.57. The molecule has 4 amide bonds. The Balaban J connectivity index is 1.13. The summed E-state index contributed by atoms with van der Waals surface area (Å²) >= 11 is 0. The van der Waals surface area contributed by atoms with Crippen molar-refractivity contribution in [2.24, 2.45) is 0 Å². The molecule has 0 aromatic rings. The highest BCUT2D eigenvalue weighted by molar-refractivity contribution is 5.74. The number of aliphatic hydroxyl groups excluding tert-OH is 23. The van der Waals surface area contributed by atoms with Crippen molar-refractivity contribution in [2.45, 2.75) is 305 Å². The number of rotatable bonds is 27. The molecule has 0 unspecified atom stereocenters. The number of ether oxygens (including phenoxy) is 17. The molecule has 109 heavy (non-hydrogen) atoms. The minimum atomic E-state index is -2.52. The van der Waals surface area contributed by atoms with Crippen LogP contribution in [0.2, 0.25) is 0 Å². The number of carbonyl (C=O) groups is 4. The van der Waals surface area contributed by atoms with E-state index in [1.165, 1.54) is 6.92 Å². The van der Waals surface area contributed by atoms with Crippen molar-refractivity contribution in [3.8, 4) is 0 Å². The lowest BCUT2D eigenvalue weighted by Crippen LogP contribution is -2.71. The zero-order valence-electron chi connectivity index (χ0n) is 58.9. The van der Waals surface area contributed by atoms with Gasteiger partial charge in [0.2, 0.25) is 23.6 Å². The molecule has 0 radical (unpaired) electrons. The summed E-state index contributed by atoms with van der Waals surface area (Å²) < 4.78 is 102. The first-order valence-corrected chi connectivity index (χ1v) is 34.9. The smallest absolute Gasteiger partial charge is 0.217 e. The second-order valence-electron chi connectivity index (χ2n) is 27.7.